The van der Waals surface area contributed by atoms with Gasteiger partial charge in [0, 0.05) is 21.7 Å². The van der Waals surface area contributed by atoms with Gasteiger partial charge in [0.15, 0.2) is 16.3 Å². The molecule has 220 valence electrons. The van der Waals surface area contributed by atoms with Crippen LogP contribution in [0.25, 0.3) is 23.1 Å². The van der Waals surface area contributed by atoms with Crippen LogP contribution >= 0.6 is 27.3 Å². The van der Waals surface area contributed by atoms with Crippen LogP contribution in [0.5, 0.6) is 11.5 Å². The number of ether oxygens (including phenoxy) is 3. The summed E-state index contributed by atoms with van der Waals surface area (Å²) < 4.78 is 25.8. The molecule has 10 heteroatoms. The van der Waals surface area contributed by atoms with Gasteiger partial charge in [-0.15, -0.1) is 0 Å². The van der Waals surface area contributed by atoms with E-state index in [4.69, 9.17) is 23.6 Å². The highest BCUT2D eigenvalue weighted by atomic mass is 79.9. The molecule has 0 N–H and O–H groups in total. The summed E-state index contributed by atoms with van der Waals surface area (Å²) in [4.78, 5) is 33.2. The molecule has 4 heterocycles. The van der Waals surface area contributed by atoms with Crippen molar-refractivity contribution in [3.63, 3.8) is 0 Å². The second-order valence-corrected chi connectivity index (χ2v) is 12.1. The molecule has 8 nitrogen and oxygen atoms in total. The smallest absolute Gasteiger partial charge is 0.338 e. The molecule has 1 unspecified atom stereocenters. The Kier molecular flexibility index (Phi) is 7.31. The van der Waals surface area contributed by atoms with Gasteiger partial charge < -0.3 is 18.6 Å². The van der Waals surface area contributed by atoms with Crippen LogP contribution in [0, 0.1) is 6.92 Å². The van der Waals surface area contributed by atoms with Crippen molar-refractivity contribution in [1.82, 2.24) is 4.57 Å². The highest BCUT2D eigenvalue weighted by Crippen LogP contribution is 2.40. The van der Waals surface area contributed by atoms with Crippen molar-refractivity contribution in [2.24, 2.45) is 4.99 Å². The molecule has 0 saturated heterocycles. The molecule has 1 atom stereocenters. The van der Waals surface area contributed by atoms with Crippen molar-refractivity contribution in [2.75, 3.05) is 13.4 Å². The Balaban J connectivity index is 1.43. The van der Waals surface area contributed by atoms with Crippen LogP contribution in [-0.2, 0) is 9.53 Å². The van der Waals surface area contributed by atoms with Gasteiger partial charge in [0.1, 0.15) is 11.5 Å². The van der Waals surface area contributed by atoms with Crippen LogP contribution in [0.4, 0.5) is 0 Å². The van der Waals surface area contributed by atoms with E-state index in [1.807, 2.05) is 73.7 Å². The first-order chi connectivity index (χ1) is 21.4. The van der Waals surface area contributed by atoms with Gasteiger partial charge in [-0.3, -0.25) is 9.36 Å². The number of hydrogen-bond donors (Lipinski definition) is 0. The van der Waals surface area contributed by atoms with Gasteiger partial charge in [0.05, 0.1) is 28.5 Å². The summed E-state index contributed by atoms with van der Waals surface area (Å²) in [7, 11) is 0. The molecule has 0 bridgehead atoms. The maximum Gasteiger partial charge on any atom is 0.338 e. The summed E-state index contributed by atoms with van der Waals surface area (Å²) in [6.07, 6.45) is 1.71. The minimum atomic E-state index is -0.826. The highest BCUT2D eigenvalue weighted by molar-refractivity contribution is 9.10. The van der Waals surface area contributed by atoms with Gasteiger partial charge in [-0.05, 0) is 61.4 Å². The lowest BCUT2D eigenvalue weighted by Crippen LogP contribution is -2.40. The van der Waals surface area contributed by atoms with E-state index in [-0.39, 0.29) is 24.5 Å². The lowest BCUT2D eigenvalue weighted by Gasteiger charge is -2.26. The molecule has 0 amide bonds. The van der Waals surface area contributed by atoms with E-state index < -0.39 is 12.0 Å². The molecule has 2 aliphatic heterocycles. The van der Waals surface area contributed by atoms with Gasteiger partial charge in [0.2, 0.25) is 6.79 Å². The maximum atomic E-state index is 14.2. The Bertz CT molecular complexity index is 2140. The van der Waals surface area contributed by atoms with Gasteiger partial charge in [-0.1, -0.05) is 69.7 Å². The first-order valence-corrected chi connectivity index (χ1v) is 15.6. The number of furan rings is 1. The monoisotopic (exact) mass is 668 g/mol. The summed E-state index contributed by atoms with van der Waals surface area (Å²) >= 11 is 4.85. The van der Waals surface area contributed by atoms with Crippen LogP contribution in [0.1, 0.15) is 35.4 Å². The number of carbonyl (C=O) groups excluding carboxylic acids is 1. The summed E-state index contributed by atoms with van der Waals surface area (Å²) in [5, 5.41) is 0. The quantitative estimate of drug-likeness (QED) is 0.206. The molecule has 3 aromatic carbocycles. The van der Waals surface area contributed by atoms with Crippen molar-refractivity contribution >= 4 is 45.0 Å². The molecule has 0 aliphatic carbocycles. The molecule has 0 radical (unpaired) electrons. The largest absolute Gasteiger partial charge is 0.463 e. The predicted octanol–water partition coefficient (Wildman–Crippen LogP) is 6.00. The summed E-state index contributed by atoms with van der Waals surface area (Å²) in [6.45, 7) is 4.04. The average molecular weight is 670 g/mol. The van der Waals surface area contributed by atoms with E-state index in [9.17, 15) is 9.59 Å². The van der Waals surface area contributed by atoms with Gasteiger partial charge >= 0.3 is 5.97 Å². The van der Waals surface area contributed by atoms with E-state index in [0.717, 1.165) is 21.2 Å². The van der Waals surface area contributed by atoms with Crippen LogP contribution in [-0.4, -0.2) is 23.9 Å². The zero-order valence-corrected chi connectivity index (χ0v) is 26.1. The molecular formula is C34H25BrN2O6S. The first kappa shape index (κ1) is 28.1. The number of thiazole rings is 1. The Hall–Kier alpha value is -4.67. The number of fused-ring (bicyclic) bond motifs is 2. The lowest BCUT2D eigenvalue weighted by atomic mass is 9.93. The first-order valence-electron chi connectivity index (χ1n) is 14.0. The van der Waals surface area contributed by atoms with E-state index in [1.54, 1.807) is 29.7 Å². The van der Waals surface area contributed by atoms with Crippen LogP contribution in [0.15, 0.2) is 103 Å². The normalized spacial score (nSPS) is 15.7. The van der Waals surface area contributed by atoms with Crippen LogP contribution in [0.3, 0.4) is 0 Å². The van der Waals surface area contributed by atoms with Crippen molar-refractivity contribution < 1.29 is 23.4 Å². The third-order valence-corrected chi connectivity index (χ3v) is 9.02. The highest BCUT2D eigenvalue weighted by Gasteiger charge is 2.36. The number of nitrogens with zero attached hydrogens (tertiary/aromatic N) is 2. The zero-order valence-electron chi connectivity index (χ0n) is 23.7. The molecule has 0 saturated carbocycles. The molecule has 5 aromatic rings. The Morgan fingerprint density at radius 3 is 2.68 bits per heavy atom. The number of esters is 1. The lowest BCUT2D eigenvalue weighted by molar-refractivity contribution is -0.138. The average Bonchev–Trinajstić information content (AvgIpc) is 3.76. The number of halogens is 1. The summed E-state index contributed by atoms with van der Waals surface area (Å²) in [6, 6.07) is 23.8. The molecule has 2 aliphatic rings. The molecule has 2 aromatic heterocycles. The Labute approximate surface area is 264 Å². The summed E-state index contributed by atoms with van der Waals surface area (Å²) in [5.74, 6) is 1.78. The number of carbonyl (C=O) groups is 1. The van der Waals surface area contributed by atoms with Crippen LogP contribution < -0.4 is 24.4 Å². The zero-order chi connectivity index (χ0) is 30.4. The second kappa shape index (κ2) is 11.4. The van der Waals surface area contributed by atoms with Gasteiger partial charge in [-0.25, -0.2) is 9.79 Å². The standard InChI is InChI=1S/C34H25BrN2O6S/c1-3-40-33(39)29-30(20-7-5-4-6-8-20)36-34-37(31(29)21-10-13-26-27(16-21)42-18-41-26)32(38)28(44-34)17-22-11-14-25(43-22)23-12-9-19(2)15-24(23)35/h4-17,31H,3,18H2,1-2H3/b28-17-. The molecule has 0 fully saturated rings. The third kappa shape index (κ3) is 4.99. The maximum absolute atomic E-state index is 14.2. The molecular weight excluding hydrogens is 644 g/mol. The minimum Gasteiger partial charge on any atom is -0.463 e. The second-order valence-electron chi connectivity index (χ2n) is 10.2. The summed E-state index contributed by atoms with van der Waals surface area (Å²) in [5.41, 5.74) is 3.84. The number of hydrogen-bond acceptors (Lipinski definition) is 8. The number of benzene rings is 3. The fraction of sp³-hybridized carbons (Fsp3) is 0.147. The Morgan fingerprint density at radius 2 is 1.89 bits per heavy atom. The number of aromatic nitrogens is 1. The van der Waals surface area contributed by atoms with E-state index in [1.165, 1.54) is 11.3 Å². The van der Waals surface area contributed by atoms with E-state index >= 15 is 0 Å². The fourth-order valence-corrected chi connectivity index (χ4v) is 7.03. The third-order valence-electron chi connectivity index (χ3n) is 7.38. The van der Waals surface area contributed by atoms with Crippen molar-refractivity contribution in [1.29, 1.82) is 0 Å². The van der Waals surface area contributed by atoms with E-state index in [0.29, 0.717) is 43.6 Å². The minimum absolute atomic E-state index is 0.0989. The topological polar surface area (TPSA) is 92.3 Å². The van der Waals surface area contributed by atoms with E-state index in [2.05, 4.69) is 15.9 Å². The van der Waals surface area contributed by atoms with Gasteiger partial charge in [-0.2, -0.15) is 0 Å². The predicted molar refractivity (Wildman–Crippen MR) is 170 cm³/mol. The Morgan fingerprint density at radius 1 is 1.07 bits per heavy atom. The van der Waals surface area contributed by atoms with Crippen molar-refractivity contribution in [3.05, 3.63) is 131 Å². The molecule has 44 heavy (non-hydrogen) atoms. The SMILES string of the molecule is CCOC(=O)C1=C(c2ccccc2)N=c2s/c(=C\c3ccc(-c4ccc(C)cc4Br)o3)c(=O)n2C1c1ccc2c(c1)OCO2. The fourth-order valence-electron chi connectivity index (χ4n) is 5.36. The van der Waals surface area contributed by atoms with Crippen LogP contribution in [0.2, 0.25) is 0 Å². The number of rotatable bonds is 6. The number of aryl methyl sites for hydroxylation is 1. The molecule has 0 spiro atoms. The molecule has 7 rings (SSSR count). The van der Waals surface area contributed by atoms with Crippen molar-refractivity contribution in [2.45, 2.75) is 19.9 Å². The van der Waals surface area contributed by atoms with Crippen molar-refractivity contribution in [3.8, 4) is 22.8 Å². The van der Waals surface area contributed by atoms with Gasteiger partial charge in [0.25, 0.3) is 5.56 Å².